The molecule has 2 aromatic carbocycles. The van der Waals surface area contributed by atoms with Crippen LogP contribution in [0.1, 0.15) is 18.9 Å². The highest BCUT2D eigenvalue weighted by Gasteiger charge is 2.33. The molecular formula is C30H33ClN8O4. The van der Waals surface area contributed by atoms with Gasteiger partial charge < -0.3 is 29.9 Å². The molecule has 2 N–H and O–H groups in total. The number of hydrogen-bond donors (Lipinski definition) is 2. The summed E-state index contributed by atoms with van der Waals surface area (Å²) in [6.45, 7) is 4.85. The topological polar surface area (TPSA) is 127 Å². The maximum Gasteiger partial charge on any atom is 0.321 e. The molecule has 43 heavy (non-hydrogen) atoms. The summed E-state index contributed by atoms with van der Waals surface area (Å²) in [5.41, 5.74) is 1.75. The van der Waals surface area contributed by atoms with Gasteiger partial charge in [-0.1, -0.05) is 29.3 Å². The molecular weight excluding hydrogens is 572 g/mol. The normalized spacial score (nSPS) is 15.5. The first-order valence-corrected chi connectivity index (χ1v) is 14.2. The Hall–Kier alpha value is -4.84. The predicted octanol–water partition coefficient (Wildman–Crippen LogP) is 4.29. The number of amides is 3. The van der Waals surface area contributed by atoms with Gasteiger partial charge in [0.15, 0.2) is 6.23 Å². The average molecular weight is 605 g/mol. The smallest absolute Gasteiger partial charge is 0.321 e. The second-order valence-corrected chi connectivity index (χ2v) is 10.5. The van der Waals surface area contributed by atoms with Crippen LogP contribution in [0.4, 0.5) is 16.3 Å². The monoisotopic (exact) mass is 604 g/mol. The molecule has 1 fully saturated rings. The van der Waals surface area contributed by atoms with Gasteiger partial charge in [-0.15, -0.1) is 0 Å². The van der Waals surface area contributed by atoms with Crippen molar-refractivity contribution in [3.05, 3.63) is 84.0 Å². The third-order valence-corrected chi connectivity index (χ3v) is 7.12. The number of methoxy groups -OCH3 is 1. The maximum atomic E-state index is 13.3. The summed E-state index contributed by atoms with van der Waals surface area (Å²) in [6, 6.07) is 15.7. The molecule has 3 amide bonds. The quantitative estimate of drug-likeness (QED) is 0.214. The van der Waals surface area contributed by atoms with Gasteiger partial charge in [-0.25, -0.2) is 14.8 Å². The number of aryl methyl sites for hydroxylation is 1. The number of urea groups is 1. The number of imidazole rings is 1. The fourth-order valence-corrected chi connectivity index (χ4v) is 4.95. The molecule has 0 saturated carbocycles. The lowest BCUT2D eigenvalue weighted by Gasteiger charge is -2.42. The maximum absolute atomic E-state index is 13.3. The highest BCUT2D eigenvalue weighted by Crippen LogP contribution is 2.25. The zero-order chi connectivity index (χ0) is 30.3. The van der Waals surface area contributed by atoms with Gasteiger partial charge in [-0.2, -0.15) is 4.98 Å². The number of carbonyl (C=O) groups excluding carboxylic acids is 2. The van der Waals surface area contributed by atoms with E-state index >= 15 is 0 Å². The van der Waals surface area contributed by atoms with Crippen LogP contribution in [0.5, 0.6) is 11.5 Å². The molecule has 2 atom stereocenters. The van der Waals surface area contributed by atoms with Gasteiger partial charge in [0.05, 0.1) is 13.2 Å². The van der Waals surface area contributed by atoms with Crippen molar-refractivity contribution in [3.63, 3.8) is 0 Å². The van der Waals surface area contributed by atoms with E-state index < -0.39 is 12.3 Å². The molecule has 13 heteroatoms. The molecule has 1 aliphatic rings. The van der Waals surface area contributed by atoms with Crippen molar-refractivity contribution in [3.8, 4) is 17.4 Å². The van der Waals surface area contributed by atoms with Crippen LogP contribution in [0.15, 0.2) is 73.3 Å². The largest absolute Gasteiger partial charge is 0.497 e. The van der Waals surface area contributed by atoms with E-state index in [1.54, 1.807) is 72.6 Å². The lowest BCUT2D eigenvalue weighted by molar-refractivity contribution is -0.123. The Morgan fingerprint density at radius 2 is 1.81 bits per heavy atom. The summed E-state index contributed by atoms with van der Waals surface area (Å²) in [5.74, 6) is 2.00. The minimum absolute atomic E-state index is 0.0793. The van der Waals surface area contributed by atoms with E-state index in [4.69, 9.17) is 26.1 Å². The highest BCUT2D eigenvalue weighted by atomic mass is 35.5. The van der Waals surface area contributed by atoms with Gasteiger partial charge in [-0.3, -0.25) is 9.36 Å². The molecule has 1 aliphatic heterocycles. The van der Waals surface area contributed by atoms with Crippen LogP contribution in [0.3, 0.4) is 0 Å². The zero-order valence-electron chi connectivity index (χ0n) is 24.1. The van der Waals surface area contributed by atoms with Crippen LogP contribution in [-0.4, -0.2) is 75.4 Å². The lowest BCUT2D eigenvalue weighted by atomic mass is 10.1. The minimum atomic E-state index is -0.567. The van der Waals surface area contributed by atoms with Gasteiger partial charge in [0.1, 0.15) is 28.8 Å². The van der Waals surface area contributed by atoms with Crippen LogP contribution in [0, 0.1) is 6.92 Å². The molecule has 12 nitrogen and oxygen atoms in total. The SMILES string of the molecule is COc1ccc(NC(=O)N2CCN(c3cc(Cl)nc(-n4ccnc4)n3)C(CC(=O)NC(C)Oc3ccc(C)cc3)C2)cc1. The second kappa shape index (κ2) is 13.4. The fourth-order valence-electron chi connectivity index (χ4n) is 4.78. The number of piperazine rings is 1. The van der Waals surface area contributed by atoms with E-state index in [1.165, 1.54) is 0 Å². The fraction of sp³-hybridized carbons (Fsp3) is 0.300. The summed E-state index contributed by atoms with van der Waals surface area (Å²) in [7, 11) is 1.59. The first kappa shape index (κ1) is 29.6. The molecule has 4 aromatic rings. The van der Waals surface area contributed by atoms with Crippen molar-refractivity contribution in [2.45, 2.75) is 32.5 Å². The Morgan fingerprint density at radius 3 is 2.51 bits per heavy atom. The Balaban J connectivity index is 1.32. The predicted molar refractivity (Wildman–Crippen MR) is 163 cm³/mol. The molecule has 0 aliphatic carbocycles. The molecule has 0 bridgehead atoms. The van der Waals surface area contributed by atoms with Crippen LogP contribution in [-0.2, 0) is 4.79 Å². The Kier molecular flexibility index (Phi) is 9.26. The van der Waals surface area contributed by atoms with Crippen molar-refractivity contribution < 1.29 is 19.1 Å². The minimum Gasteiger partial charge on any atom is -0.497 e. The highest BCUT2D eigenvalue weighted by molar-refractivity contribution is 6.29. The third kappa shape index (κ3) is 7.72. The van der Waals surface area contributed by atoms with Crippen molar-refractivity contribution in [1.29, 1.82) is 0 Å². The van der Waals surface area contributed by atoms with Crippen molar-refractivity contribution in [2.24, 2.45) is 0 Å². The number of halogens is 1. The molecule has 224 valence electrons. The first-order valence-electron chi connectivity index (χ1n) is 13.8. The van der Waals surface area contributed by atoms with Gasteiger partial charge in [0.2, 0.25) is 11.9 Å². The summed E-state index contributed by atoms with van der Waals surface area (Å²) in [6.07, 6.45) is 4.43. The second-order valence-electron chi connectivity index (χ2n) is 10.1. The van der Waals surface area contributed by atoms with Crippen LogP contribution >= 0.6 is 11.6 Å². The zero-order valence-corrected chi connectivity index (χ0v) is 24.9. The number of hydrogen-bond acceptors (Lipinski definition) is 8. The van der Waals surface area contributed by atoms with Gasteiger partial charge in [-0.05, 0) is 50.2 Å². The van der Waals surface area contributed by atoms with E-state index in [2.05, 4.69) is 20.6 Å². The Morgan fingerprint density at radius 1 is 1.07 bits per heavy atom. The van der Waals surface area contributed by atoms with Crippen molar-refractivity contribution in [1.82, 2.24) is 29.7 Å². The Bertz CT molecular complexity index is 1530. The van der Waals surface area contributed by atoms with Gasteiger partial charge in [0.25, 0.3) is 0 Å². The van der Waals surface area contributed by atoms with Gasteiger partial charge >= 0.3 is 6.03 Å². The van der Waals surface area contributed by atoms with E-state index in [0.29, 0.717) is 42.0 Å². The van der Waals surface area contributed by atoms with Crippen LogP contribution in [0.2, 0.25) is 5.15 Å². The van der Waals surface area contributed by atoms with E-state index in [9.17, 15) is 9.59 Å². The number of nitrogens with one attached hydrogen (secondary N) is 2. The third-order valence-electron chi connectivity index (χ3n) is 6.93. The number of nitrogens with zero attached hydrogens (tertiary/aromatic N) is 6. The van der Waals surface area contributed by atoms with E-state index in [0.717, 1.165) is 5.56 Å². The van der Waals surface area contributed by atoms with Crippen molar-refractivity contribution >= 4 is 35.0 Å². The molecule has 0 spiro atoms. The standard InChI is InChI=1S/C30H33ClN8O4/c1-20-4-8-25(9-5-20)43-21(2)33-28(40)16-23-18-37(30(41)34-22-6-10-24(42-3)11-7-22)14-15-39(23)27-17-26(31)35-29(36-27)38-13-12-32-19-38/h4-13,17,19,21,23H,14-16,18H2,1-3H3,(H,33,40)(H,34,41). The van der Waals surface area contributed by atoms with Crippen molar-refractivity contribution in [2.75, 3.05) is 37.0 Å². The number of ether oxygens (including phenoxy) is 2. The van der Waals surface area contributed by atoms with Crippen LogP contribution in [0.25, 0.3) is 5.95 Å². The van der Waals surface area contributed by atoms with Gasteiger partial charge in [0, 0.05) is 50.2 Å². The molecule has 1 saturated heterocycles. The first-order chi connectivity index (χ1) is 20.8. The molecule has 2 aromatic heterocycles. The summed E-state index contributed by atoms with van der Waals surface area (Å²) >= 11 is 6.40. The number of aromatic nitrogens is 4. The van der Waals surface area contributed by atoms with E-state index in [1.807, 2.05) is 36.1 Å². The average Bonchev–Trinajstić information content (AvgIpc) is 3.54. The summed E-state index contributed by atoms with van der Waals surface area (Å²) in [4.78, 5) is 43.3. The summed E-state index contributed by atoms with van der Waals surface area (Å²) in [5, 5.41) is 6.09. The van der Waals surface area contributed by atoms with E-state index in [-0.39, 0.29) is 30.1 Å². The molecule has 2 unspecified atom stereocenters. The number of carbonyl (C=O) groups is 2. The molecule has 5 rings (SSSR count). The molecule has 0 radical (unpaired) electrons. The van der Waals surface area contributed by atoms with Crippen LogP contribution < -0.4 is 25.0 Å². The summed E-state index contributed by atoms with van der Waals surface area (Å²) < 4.78 is 12.7. The molecule has 3 heterocycles. The number of benzene rings is 2. The lowest BCUT2D eigenvalue weighted by Crippen LogP contribution is -2.57. The number of anilines is 2. The Labute approximate surface area is 254 Å². The number of rotatable bonds is 9.